The first kappa shape index (κ1) is 16.5. The van der Waals surface area contributed by atoms with Crippen LogP contribution in [-0.2, 0) is 13.1 Å². The third kappa shape index (κ3) is 3.11. The van der Waals surface area contributed by atoms with Crippen molar-refractivity contribution in [3.05, 3.63) is 82.8 Å². The summed E-state index contributed by atoms with van der Waals surface area (Å²) in [6.07, 6.45) is 0. The van der Waals surface area contributed by atoms with Crippen LogP contribution in [0.4, 0.5) is 10.2 Å². The van der Waals surface area contributed by atoms with Gasteiger partial charge in [0, 0.05) is 30.3 Å². The van der Waals surface area contributed by atoms with Gasteiger partial charge in [-0.1, -0.05) is 30.3 Å². The van der Waals surface area contributed by atoms with Crippen molar-refractivity contribution >= 4 is 11.7 Å². The third-order valence-electron chi connectivity index (χ3n) is 4.84. The van der Waals surface area contributed by atoms with E-state index in [4.69, 9.17) is 0 Å². The molecule has 1 aromatic heterocycles. The van der Waals surface area contributed by atoms with Gasteiger partial charge in [-0.3, -0.25) is 14.8 Å². The van der Waals surface area contributed by atoms with Crippen molar-refractivity contribution in [1.29, 1.82) is 0 Å². The molecule has 0 aliphatic carbocycles. The first-order valence-corrected chi connectivity index (χ1v) is 8.54. The average Bonchev–Trinajstić information content (AvgIpc) is 3.24. The smallest absolute Gasteiger partial charge is 0.256 e. The Morgan fingerprint density at radius 2 is 1.88 bits per heavy atom. The molecule has 2 N–H and O–H groups in total. The predicted molar refractivity (Wildman–Crippen MR) is 97.0 cm³/mol. The second-order valence-corrected chi connectivity index (χ2v) is 6.48. The van der Waals surface area contributed by atoms with Gasteiger partial charge in [-0.15, -0.1) is 0 Å². The predicted octanol–water partition coefficient (Wildman–Crippen LogP) is 3.88. The van der Waals surface area contributed by atoms with Gasteiger partial charge in [-0.05, 0) is 36.8 Å². The molecule has 0 radical (unpaired) electrons. The lowest BCUT2D eigenvalue weighted by atomic mass is 10.1. The Balaban J connectivity index is 1.48. The lowest BCUT2D eigenvalue weighted by Gasteiger charge is -2.24. The number of carbonyl (C=O) groups is 1. The van der Waals surface area contributed by atoms with E-state index in [0.717, 1.165) is 17.8 Å². The summed E-state index contributed by atoms with van der Waals surface area (Å²) in [5.74, 6) is -0.126. The minimum Gasteiger partial charge on any atom is -0.305 e. The van der Waals surface area contributed by atoms with Crippen LogP contribution < -0.4 is 5.32 Å². The molecule has 1 aliphatic rings. The fourth-order valence-electron chi connectivity index (χ4n) is 3.27. The Morgan fingerprint density at radius 1 is 1.15 bits per heavy atom. The third-order valence-corrected chi connectivity index (χ3v) is 4.84. The van der Waals surface area contributed by atoms with Gasteiger partial charge in [0.15, 0.2) is 5.82 Å². The molecule has 0 saturated heterocycles. The molecule has 3 aromatic rings. The number of hydrogen-bond acceptors (Lipinski definition) is 3. The Hall–Kier alpha value is -2.99. The Labute approximate surface area is 150 Å². The number of aromatic amines is 1. The molecule has 132 valence electrons. The van der Waals surface area contributed by atoms with E-state index in [0.29, 0.717) is 17.9 Å². The number of nitrogens with one attached hydrogen (secondary N) is 2. The number of H-pyrrole nitrogens is 1. The number of halogens is 1. The number of benzene rings is 2. The molecule has 26 heavy (non-hydrogen) atoms. The van der Waals surface area contributed by atoms with Gasteiger partial charge in [0.2, 0.25) is 0 Å². The molecule has 0 fully saturated rings. The highest BCUT2D eigenvalue weighted by molar-refractivity contribution is 6.04. The Morgan fingerprint density at radius 3 is 2.62 bits per heavy atom. The normalized spacial score (nSPS) is 14.8. The molecule has 1 atom stereocenters. The van der Waals surface area contributed by atoms with Crippen molar-refractivity contribution in [2.24, 2.45) is 0 Å². The molecule has 5 nitrogen and oxygen atoms in total. The minimum absolute atomic E-state index is 0.262. The molecular formula is C20H19FN4O. The monoisotopic (exact) mass is 350 g/mol. The topological polar surface area (TPSA) is 61.0 Å². The fraction of sp³-hybridized carbons (Fsp3) is 0.200. The van der Waals surface area contributed by atoms with Gasteiger partial charge in [-0.2, -0.15) is 5.10 Å². The quantitative estimate of drug-likeness (QED) is 0.751. The summed E-state index contributed by atoms with van der Waals surface area (Å²) < 4.78 is 13.0. The molecule has 0 saturated carbocycles. The highest BCUT2D eigenvalue weighted by Crippen LogP contribution is 2.33. The molecule has 0 bridgehead atoms. The Kier molecular flexibility index (Phi) is 4.26. The van der Waals surface area contributed by atoms with Gasteiger partial charge >= 0.3 is 0 Å². The van der Waals surface area contributed by atoms with Crippen LogP contribution in [0.2, 0.25) is 0 Å². The molecule has 4 rings (SSSR count). The highest BCUT2D eigenvalue weighted by Gasteiger charge is 2.29. The highest BCUT2D eigenvalue weighted by atomic mass is 19.1. The maximum atomic E-state index is 13.0. The van der Waals surface area contributed by atoms with E-state index in [1.165, 1.54) is 29.8 Å². The summed E-state index contributed by atoms with van der Waals surface area (Å²) in [4.78, 5) is 14.7. The van der Waals surface area contributed by atoms with Crippen molar-refractivity contribution in [3.63, 3.8) is 0 Å². The number of amides is 1. The number of anilines is 1. The maximum Gasteiger partial charge on any atom is 0.256 e. The van der Waals surface area contributed by atoms with Crippen molar-refractivity contribution in [1.82, 2.24) is 15.1 Å². The summed E-state index contributed by atoms with van der Waals surface area (Å²) in [7, 11) is 0. The molecule has 2 heterocycles. The second kappa shape index (κ2) is 6.72. The van der Waals surface area contributed by atoms with Crippen LogP contribution >= 0.6 is 0 Å². The number of carbonyl (C=O) groups excluding carboxylic acids is 1. The van der Waals surface area contributed by atoms with Crippen LogP contribution in [0.1, 0.15) is 40.1 Å². The zero-order valence-electron chi connectivity index (χ0n) is 14.4. The molecule has 1 aliphatic heterocycles. The van der Waals surface area contributed by atoms with Gasteiger partial charge < -0.3 is 5.32 Å². The van der Waals surface area contributed by atoms with Crippen molar-refractivity contribution in [2.45, 2.75) is 26.1 Å². The second-order valence-electron chi connectivity index (χ2n) is 6.48. The molecular weight excluding hydrogens is 331 g/mol. The largest absolute Gasteiger partial charge is 0.305 e. The molecule has 0 spiro atoms. The van der Waals surface area contributed by atoms with Gasteiger partial charge in [0.1, 0.15) is 5.82 Å². The van der Waals surface area contributed by atoms with Crippen molar-refractivity contribution in [3.8, 4) is 0 Å². The Bertz CT molecular complexity index is 921. The summed E-state index contributed by atoms with van der Waals surface area (Å²) in [6.45, 7) is 3.64. The number of hydrogen-bond donors (Lipinski definition) is 2. The summed E-state index contributed by atoms with van der Waals surface area (Å²) in [5.41, 5.74) is 3.67. The van der Waals surface area contributed by atoms with Crippen LogP contribution in [0.3, 0.4) is 0 Å². The minimum atomic E-state index is -0.368. The molecule has 6 heteroatoms. The van der Waals surface area contributed by atoms with Crippen molar-refractivity contribution in [2.75, 3.05) is 5.32 Å². The standard InChI is InChI=1S/C20H19FN4O/c1-13(14-5-3-2-4-6-14)25-11-17-18(12-25)23-24-19(17)22-20(26)15-7-9-16(21)10-8-15/h2-10,13H,11-12H2,1H3,(H2,22,23,24,26). The van der Waals surface area contributed by atoms with Crippen LogP contribution in [0.5, 0.6) is 0 Å². The zero-order valence-corrected chi connectivity index (χ0v) is 14.4. The van der Waals surface area contributed by atoms with Crippen LogP contribution in [-0.4, -0.2) is 21.0 Å². The number of aromatic nitrogens is 2. The number of rotatable bonds is 4. The fourth-order valence-corrected chi connectivity index (χ4v) is 3.27. The summed E-state index contributed by atoms with van der Waals surface area (Å²) in [6, 6.07) is 16.0. The van der Waals surface area contributed by atoms with E-state index in [2.05, 4.69) is 39.5 Å². The van der Waals surface area contributed by atoms with Crippen LogP contribution in [0.25, 0.3) is 0 Å². The number of nitrogens with zero attached hydrogens (tertiary/aromatic N) is 2. The van der Waals surface area contributed by atoms with Crippen LogP contribution in [0.15, 0.2) is 54.6 Å². The zero-order chi connectivity index (χ0) is 18.1. The summed E-state index contributed by atoms with van der Waals surface area (Å²) >= 11 is 0. The first-order valence-electron chi connectivity index (χ1n) is 8.54. The van der Waals surface area contributed by atoms with Crippen molar-refractivity contribution < 1.29 is 9.18 Å². The molecule has 1 unspecified atom stereocenters. The summed E-state index contributed by atoms with van der Waals surface area (Å²) in [5, 5.41) is 10.1. The SMILES string of the molecule is CC(c1ccccc1)N1Cc2[nH]nc(NC(=O)c3ccc(F)cc3)c2C1. The van der Waals surface area contributed by atoms with E-state index in [9.17, 15) is 9.18 Å². The lowest BCUT2D eigenvalue weighted by Crippen LogP contribution is -2.22. The van der Waals surface area contributed by atoms with Crippen LogP contribution in [0, 0.1) is 5.82 Å². The van der Waals surface area contributed by atoms with Gasteiger partial charge in [-0.25, -0.2) is 4.39 Å². The van der Waals surface area contributed by atoms with E-state index < -0.39 is 0 Å². The molecule has 1 amide bonds. The molecule has 2 aromatic carbocycles. The van der Waals surface area contributed by atoms with Gasteiger partial charge in [0.05, 0.1) is 5.69 Å². The van der Waals surface area contributed by atoms with E-state index in [1.807, 2.05) is 18.2 Å². The first-order chi connectivity index (χ1) is 12.6. The van der Waals surface area contributed by atoms with E-state index in [1.54, 1.807) is 0 Å². The van der Waals surface area contributed by atoms with E-state index in [-0.39, 0.29) is 17.8 Å². The number of fused-ring (bicyclic) bond motifs is 1. The lowest BCUT2D eigenvalue weighted by molar-refractivity contribution is 0.102. The van der Waals surface area contributed by atoms with Gasteiger partial charge in [0.25, 0.3) is 5.91 Å². The maximum absolute atomic E-state index is 13.0. The average molecular weight is 350 g/mol. The van der Waals surface area contributed by atoms with E-state index >= 15 is 0 Å².